The highest BCUT2D eigenvalue weighted by Gasteiger charge is 2.55. The van der Waals surface area contributed by atoms with Crippen LogP contribution in [0.4, 0.5) is 18.9 Å². The second kappa shape index (κ2) is 13.8. The number of pyridine rings is 1. The number of rotatable bonds is 12. The molecule has 0 saturated carbocycles. The Morgan fingerprint density at radius 3 is 2.40 bits per heavy atom. The Labute approximate surface area is 269 Å². The fourth-order valence-electron chi connectivity index (χ4n) is 4.66. The number of hydrazine groups is 1. The number of amides is 1. The van der Waals surface area contributed by atoms with Crippen LogP contribution in [-0.2, 0) is 36.4 Å². The molecule has 3 aromatic carbocycles. The lowest BCUT2D eigenvalue weighted by molar-refractivity contribution is -0.216. The molecule has 47 heavy (non-hydrogen) atoms. The maximum atomic E-state index is 14.3. The van der Waals surface area contributed by atoms with Crippen molar-refractivity contribution in [3.05, 3.63) is 90.3 Å². The van der Waals surface area contributed by atoms with Crippen molar-refractivity contribution in [1.82, 2.24) is 10.3 Å². The number of nitrogens with one attached hydrogen (secondary N) is 1. The summed E-state index contributed by atoms with van der Waals surface area (Å²) in [7, 11) is -3.62. The number of ether oxygens (including phenoxy) is 3. The number of anilines is 1. The van der Waals surface area contributed by atoms with Crippen LogP contribution >= 0.6 is 0 Å². The van der Waals surface area contributed by atoms with E-state index in [0.29, 0.717) is 15.8 Å². The molecule has 0 aliphatic rings. The summed E-state index contributed by atoms with van der Waals surface area (Å²) in [5.74, 6) is 2.81. The molecule has 0 aliphatic heterocycles. The molecule has 0 spiro atoms. The van der Waals surface area contributed by atoms with Gasteiger partial charge in [0, 0.05) is 36.1 Å². The number of sulfone groups is 1. The molecule has 0 saturated heterocycles. The Kier molecular flexibility index (Phi) is 10.3. The first kappa shape index (κ1) is 35.0. The Bertz CT molecular complexity index is 1890. The monoisotopic (exact) mass is 674 g/mol. The first-order valence-corrected chi connectivity index (χ1v) is 16.2. The van der Waals surface area contributed by atoms with Crippen molar-refractivity contribution in [1.29, 1.82) is 0 Å². The Balaban J connectivity index is 1.94. The number of nitrogens with two attached hydrogens (primary N) is 1. The molecule has 1 heterocycles. The number of nitrogens with zero attached hydrogens (tertiary/aromatic N) is 2. The summed E-state index contributed by atoms with van der Waals surface area (Å²) in [6.45, 7) is 4.91. The molecule has 15 heteroatoms. The summed E-state index contributed by atoms with van der Waals surface area (Å²) >= 11 is 0. The molecule has 0 aliphatic carbocycles. The summed E-state index contributed by atoms with van der Waals surface area (Å²) in [5.41, 5.74) is -3.03. The maximum Gasteiger partial charge on any atom is 0.491 e. The van der Waals surface area contributed by atoms with E-state index < -0.39 is 33.6 Å². The first-order valence-electron chi connectivity index (χ1n) is 14.3. The van der Waals surface area contributed by atoms with Crippen LogP contribution in [0.2, 0.25) is 0 Å². The molecule has 4 aromatic rings. The van der Waals surface area contributed by atoms with Gasteiger partial charge >= 0.3 is 17.9 Å². The molecule has 11 nitrogen and oxygen atoms in total. The Morgan fingerprint density at radius 1 is 1.00 bits per heavy atom. The summed E-state index contributed by atoms with van der Waals surface area (Å²) in [4.78, 5) is 30.9. The van der Waals surface area contributed by atoms with Crippen molar-refractivity contribution in [2.75, 3.05) is 17.9 Å². The van der Waals surface area contributed by atoms with E-state index in [0.717, 1.165) is 6.26 Å². The highest BCUT2D eigenvalue weighted by Crippen LogP contribution is 2.40. The SMILES string of the molecule is CCOc1cc(C(OC(=O)C(F)(F)F)(C(=O)NCc2cccc(S(C)(=O)=O)c2)N(N)c2ccc3cnccc3c2)ccc1OC(C)C. The molecule has 0 fully saturated rings. The van der Waals surface area contributed by atoms with Gasteiger partial charge < -0.3 is 19.5 Å². The van der Waals surface area contributed by atoms with Crippen LogP contribution in [0.15, 0.2) is 84.0 Å². The second-order valence-electron chi connectivity index (χ2n) is 10.7. The molecule has 250 valence electrons. The van der Waals surface area contributed by atoms with Crippen molar-refractivity contribution in [2.45, 2.75) is 50.2 Å². The lowest BCUT2D eigenvalue weighted by Crippen LogP contribution is -2.62. The molecule has 1 aromatic heterocycles. The standard InChI is InChI=1S/C32H33F3N4O7S/c1-5-44-28-17-24(10-12-27(28)45-20(2)3)31(46-30(41)32(33,34)35,39(36)25-11-9-23-19-37-14-13-22(23)16-25)29(40)38-18-21-7-6-8-26(15-21)47(4,42)43/h6-17,19-20H,5,18,36H2,1-4H3,(H,38,40). The Morgan fingerprint density at radius 2 is 1.74 bits per heavy atom. The van der Waals surface area contributed by atoms with Crippen LogP contribution in [-0.4, -0.2) is 50.4 Å². The van der Waals surface area contributed by atoms with E-state index in [2.05, 4.69) is 10.3 Å². The van der Waals surface area contributed by atoms with Crippen molar-refractivity contribution in [3.8, 4) is 11.5 Å². The lowest BCUT2D eigenvalue weighted by Gasteiger charge is -2.40. The number of halogens is 3. The van der Waals surface area contributed by atoms with E-state index in [-0.39, 0.29) is 52.5 Å². The number of aromatic nitrogens is 1. The normalized spacial score (nSPS) is 13.1. The summed E-state index contributed by atoms with van der Waals surface area (Å²) in [6.07, 6.45) is -1.81. The fourth-order valence-corrected chi connectivity index (χ4v) is 5.35. The number of esters is 1. The third-order valence-electron chi connectivity index (χ3n) is 6.80. The van der Waals surface area contributed by atoms with E-state index >= 15 is 0 Å². The van der Waals surface area contributed by atoms with E-state index in [1.165, 1.54) is 60.8 Å². The summed E-state index contributed by atoms with van der Waals surface area (Å²) in [6, 6.07) is 15.5. The van der Waals surface area contributed by atoms with Gasteiger partial charge in [-0.05, 0) is 80.3 Å². The molecule has 0 bridgehead atoms. The third-order valence-corrected chi connectivity index (χ3v) is 7.91. The zero-order valence-electron chi connectivity index (χ0n) is 25.9. The minimum atomic E-state index is -5.53. The van der Waals surface area contributed by atoms with Crippen molar-refractivity contribution < 1.29 is 45.4 Å². The van der Waals surface area contributed by atoms with Gasteiger partial charge in [0.2, 0.25) is 0 Å². The van der Waals surface area contributed by atoms with Gasteiger partial charge in [-0.1, -0.05) is 18.2 Å². The molecule has 1 unspecified atom stereocenters. The van der Waals surface area contributed by atoms with Gasteiger partial charge in [0.15, 0.2) is 21.3 Å². The number of fused-ring (bicyclic) bond motifs is 1. The predicted octanol–water partition coefficient (Wildman–Crippen LogP) is 4.78. The molecular formula is C32H33F3N4O7S. The van der Waals surface area contributed by atoms with E-state index in [1.807, 2.05) is 0 Å². The maximum absolute atomic E-state index is 14.3. The van der Waals surface area contributed by atoms with Gasteiger partial charge in [-0.15, -0.1) is 0 Å². The Hall–Kier alpha value is -4.89. The minimum Gasteiger partial charge on any atom is -0.490 e. The number of alkyl halides is 3. The quantitative estimate of drug-likeness (QED) is 0.0931. The largest absolute Gasteiger partial charge is 0.491 e. The molecule has 1 amide bonds. The van der Waals surface area contributed by atoms with Gasteiger partial charge in [0.1, 0.15) is 0 Å². The lowest BCUT2D eigenvalue weighted by atomic mass is 9.98. The van der Waals surface area contributed by atoms with Crippen molar-refractivity contribution >= 4 is 38.2 Å². The number of benzene rings is 3. The van der Waals surface area contributed by atoms with Crippen LogP contribution in [0.25, 0.3) is 10.8 Å². The van der Waals surface area contributed by atoms with Crippen molar-refractivity contribution in [3.63, 3.8) is 0 Å². The zero-order valence-corrected chi connectivity index (χ0v) is 26.7. The van der Waals surface area contributed by atoms with Gasteiger partial charge in [-0.3, -0.25) is 14.8 Å². The number of hydrogen-bond acceptors (Lipinski definition) is 10. The average molecular weight is 675 g/mol. The highest BCUT2D eigenvalue weighted by atomic mass is 32.2. The van der Waals surface area contributed by atoms with Crippen LogP contribution in [0.3, 0.4) is 0 Å². The number of carbonyl (C=O) groups excluding carboxylic acids is 2. The van der Waals surface area contributed by atoms with Crippen LogP contribution in [0.5, 0.6) is 11.5 Å². The first-order chi connectivity index (χ1) is 22.1. The smallest absolute Gasteiger partial charge is 0.490 e. The molecule has 4 rings (SSSR count). The molecule has 0 radical (unpaired) electrons. The summed E-state index contributed by atoms with van der Waals surface area (Å²) < 4.78 is 82.4. The zero-order chi connectivity index (χ0) is 34.6. The molecular weight excluding hydrogens is 641 g/mol. The van der Waals surface area contributed by atoms with Gasteiger partial charge in [-0.2, -0.15) is 13.2 Å². The molecule has 3 N–H and O–H groups in total. The van der Waals surface area contributed by atoms with E-state index in [1.54, 1.807) is 39.1 Å². The van der Waals surface area contributed by atoms with Crippen LogP contribution < -0.4 is 25.6 Å². The summed E-state index contributed by atoms with van der Waals surface area (Å²) in [5, 5.41) is 4.32. The predicted molar refractivity (Wildman–Crippen MR) is 167 cm³/mol. The van der Waals surface area contributed by atoms with Gasteiger partial charge in [0.25, 0.3) is 5.91 Å². The van der Waals surface area contributed by atoms with Gasteiger partial charge in [0.05, 0.1) is 23.3 Å². The fraction of sp³-hybridized carbons (Fsp3) is 0.281. The average Bonchev–Trinajstić information content (AvgIpc) is 3.01. The van der Waals surface area contributed by atoms with Crippen LogP contribution in [0.1, 0.15) is 31.9 Å². The van der Waals surface area contributed by atoms with Crippen LogP contribution in [0, 0.1) is 0 Å². The van der Waals surface area contributed by atoms with E-state index in [4.69, 9.17) is 20.1 Å². The number of carbonyl (C=O) groups is 2. The van der Waals surface area contributed by atoms with E-state index in [9.17, 15) is 31.2 Å². The molecule has 1 atom stereocenters. The minimum absolute atomic E-state index is 0.00614. The van der Waals surface area contributed by atoms with Crippen molar-refractivity contribution in [2.24, 2.45) is 5.84 Å². The second-order valence-corrected chi connectivity index (χ2v) is 12.7. The third kappa shape index (κ3) is 7.92. The number of hydrogen-bond donors (Lipinski definition) is 2. The highest BCUT2D eigenvalue weighted by molar-refractivity contribution is 7.90. The van der Waals surface area contributed by atoms with Gasteiger partial charge in [-0.25, -0.2) is 19.1 Å². The topological polar surface area (TPSA) is 150 Å².